The molecule has 1 N–H and O–H groups in total. The highest BCUT2D eigenvalue weighted by molar-refractivity contribution is 8.17. The Kier molecular flexibility index (Phi) is 3.17. The van der Waals surface area contributed by atoms with Crippen molar-refractivity contribution >= 4 is 44.0 Å². The lowest BCUT2D eigenvalue weighted by molar-refractivity contribution is 0.339. The van der Waals surface area contributed by atoms with Gasteiger partial charge in [-0.25, -0.2) is 0 Å². The Labute approximate surface area is 130 Å². The van der Waals surface area contributed by atoms with E-state index in [0.717, 1.165) is 45.6 Å². The molecule has 21 heavy (non-hydrogen) atoms. The molecular weight excluding hydrogens is 304 g/mol. The predicted molar refractivity (Wildman–Crippen MR) is 89.0 cm³/mol. The Bertz CT molecular complexity index is 779. The number of fused-ring (bicyclic) bond motifs is 2. The standard InChI is InChI=1S/C15H14N2O2S2/c1-19-11-6-9(7-12-10(11)2-5-20-12)14-13(8-18)21-15-16-3-4-17(14)15/h2,5-7,18H,3-4,8H2,1H3. The molecule has 4 rings (SSSR count). The second-order valence-electron chi connectivity index (χ2n) is 4.86. The van der Waals surface area contributed by atoms with E-state index in [2.05, 4.69) is 33.5 Å². The van der Waals surface area contributed by atoms with Crippen molar-refractivity contribution in [2.45, 2.75) is 0 Å². The Morgan fingerprint density at radius 2 is 2.33 bits per heavy atom. The molecule has 0 saturated carbocycles. The van der Waals surface area contributed by atoms with Gasteiger partial charge in [0.1, 0.15) is 5.75 Å². The summed E-state index contributed by atoms with van der Waals surface area (Å²) < 4.78 is 6.73. The number of amidine groups is 1. The van der Waals surface area contributed by atoms with E-state index in [9.17, 15) is 5.11 Å². The van der Waals surface area contributed by atoms with Crippen molar-refractivity contribution in [1.82, 2.24) is 4.90 Å². The number of hydrogen-bond acceptors (Lipinski definition) is 6. The minimum atomic E-state index is 0.0420. The van der Waals surface area contributed by atoms with Gasteiger partial charge in [-0.15, -0.1) is 11.3 Å². The number of aliphatic hydroxyl groups excluding tert-OH is 1. The third kappa shape index (κ3) is 1.97. The minimum absolute atomic E-state index is 0.0420. The molecule has 0 radical (unpaired) electrons. The predicted octanol–water partition coefficient (Wildman–Crippen LogP) is 2.99. The van der Waals surface area contributed by atoms with E-state index in [-0.39, 0.29) is 6.61 Å². The molecule has 0 unspecified atom stereocenters. The number of methoxy groups -OCH3 is 1. The highest BCUT2D eigenvalue weighted by Gasteiger charge is 2.33. The second-order valence-corrected chi connectivity index (χ2v) is 6.87. The first-order valence-corrected chi connectivity index (χ1v) is 8.41. The molecule has 6 heteroatoms. The molecule has 0 aliphatic carbocycles. The maximum absolute atomic E-state index is 9.66. The molecule has 1 aromatic carbocycles. The van der Waals surface area contributed by atoms with Gasteiger partial charge in [-0.3, -0.25) is 4.99 Å². The van der Waals surface area contributed by atoms with Gasteiger partial charge < -0.3 is 14.7 Å². The Morgan fingerprint density at radius 1 is 1.43 bits per heavy atom. The molecule has 2 aromatic rings. The summed E-state index contributed by atoms with van der Waals surface area (Å²) >= 11 is 3.28. The fourth-order valence-corrected chi connectivity index (χ4v) is 4.70. The number of hydrogen-bond donors (Lipinski definition) is 1. The molecule has 1 aromatic heterocycles. The zero-order valence-electron chi connectivity index (χ0n) is 11.5. The lowest BCUT2D eigenvalue weighted by Crippen LogP contribution is -2.20. The number of ether oxygens (including phenoxy) is 1. The van der Waals surface area contributed by atoms with Crippen LogP contribution < -0.4 is 4.74 Å². The minimum Gasteiger partial charge on any atom is -0.496 e. The average Bonchev–Trinajstić information content (AvgIpc) is 3.19. The summed E-state index contributed by atoms with van der Waals surface area (Å²) in [6, 6.07) is 6.31. The first-order chi connectivity index (χ1) is 10.3. The number of benzene rings is 1. The topological polar surface area (TPSA) is 45.1 Å². The summed E-state index contributed by atoms with van der Waals surface area (Å²) in [5, 5.41) is 13.9. The maximum Gasteiger partial charge on any atom is 0.168 e. The van der Waals surface area contributed by atoms with E-state index in [1.807, 2.05) is 0 Å². The summed E-state index contributed by atoms with van der Waals surface area (Å²) in [5.74, 6) is 0.878. The van der Waals surface area contributed by atoms with Gasteiger partial charge in [0.15, 0.2) is 5.17 Å². The third-order valence-electron chi connectivity index (χ3n) is 3.72. The molecule has 4 nitrogen and oxygen atoms in total. The van der Waals surface area contributed by atoms with Crippen LogP contribution in [0.25, 0.3) is 15.8 Å². The van der Waals surface area contributed by atoms with Crippen LogP contribution in [0.4, 0.5) is 0 Å². The van der Waals surface area contributed by atoms with E-state index >= 15 is 0 Å². The van der Waals surface area contributed by atoms with Crippen LogP contribution in [0.3, 0.4) is 0 Å². The number of thiophene rings is 1. The van der Waals surface area contributed by atoms with Crippen molar-refractivity contribution in [3.8, 4) is 5.75 Å². The first-order valence-electron chi connectivity index (χ1n) is 6.71. The number of aliphatic imine (C=N–C) groups is 1. The number of nitrogens with zero attached hydrogens (tertiary/aromatic N) is 2. The van der Waals surface area contributed by atoms with Gasteiger partial charge in [-0.1, -0.05) is 11.8 Å². The zero-order valence-corrected chi connectivity index (χ0v) is 13.1. The van der Waals surface area contributed by atoms with Crippen molar-refractivity contribution < 1.29 is 9.84 Å². The fourth-order valence-electron chi connectivity index (χ4n) is 2.80. The van der Waals surface area contributed by atoms with Crippen molar-refractivity contribution in [3.63, 3.8) is 0 Å². The van der Waals surface area contributed by atoms with Gasteiger partial charge in [0.2, 0.25) is 0 Å². The zero-order chi connectivity index (χ0) is 14.4. The molecule has 3 heterocycles. The summed E-state index contributed by atoms with van der Waals surface area (Å²) in [7, 11) is 1.70. The summed E-state index contributed by atoms with van der Waals surface area (Å²) in [5.41, 5.74) is 2.16. The van der Waals surface area contributed by atoms with E-state index in [0.29, 0.717) is 0 Å². The molecule has 2 aliphatic rings. The molecule has 108 valence electrons. The van der Waals surface area contributed by atoms with Crippen LogP contribution in [0.1, 0.15) is 5.56 Å². The van der Waals surface area contributed by atoms with E-state index in [1.165, 1.54) is 4.70 Å². The van der Waals surface area contributed by atoms with Crippen LogP contribution in [0, 0.1) is 0 Å². The van der Waals surface area contributed by atoms with E-state index in [1.54, 1.807) is 30.2 Å². The number of rotatable bonds is 3. The maximum atomic E-state index is 9.66. The Hall–Kier alpha value is -1.50. The highest BCUT2D eigenvalue weighted by Crippen LogP contribution is 2.43. The molecule has 0 spiro atoms. The highest BCUT2D eigenvalue weighted by atomic mass is 32.2. The number of aliphatic hydroxyl groups is 1. The van der Waals surface area contributed by atoms with Gasteiger partial charge in [0.05, 0.1) is 26.0 Å². The van der Waals surface area contributed by atoms with Crippen LogP contribution >= 0.6 is 23.1 Å². The van der Waals surface area contributed by atoms with Crippen molar-refractivity contribution in [3.05, 3.63) is 34.0 Å². The summed E-state index contributed by atoms with van der Waals surface area (Å²) in [6.07, 6.45) is 0. The molecular formula is C15H14N2O2S2. The van der Waals surface area contributed by atoms with Crippen LogP contribution in [-0.4, -0.2) is 42.0 Å². The third-order valence-corrected chi connectivity index (χ3v) is 5.69. The van der Waals surface area contributed by atoms with Gasteiger partial charge in [0, 0.05) is 27.1 Å². The molecule has 2 aliphatic heterocycles. The summed E-state index contributed by atoms with van der Waals surface area (Å²) in [6.45, 7) is 1.75. The average molecular weight is 318 g/mol. The van der Waals surface area contributed by atoms with E-state index in [4.69, 9.17) is 4.74 Å². The molecule has 0 amide bonds. The molecule has 0 saturated heterocycles. The Morgan fingerprint density at radius 3 is 3.14 bits per heavy atom. The van der Waals surface area contributed by atoms with Crippen LogP contribution in [0.2, 0.25) is 0 Å². The normalized spacial score (nSPS) is 17.6. The lowest BCUT2D eigenvalue weighted by Gasteiger charge is -2.18. The molecule has 0 fully saturated rings. The van der Waals surface area contributed by atoms with Gasteiger partial charge in [-0.05, 0) is 23.6 Å². The van der Waals surface area contributed by atoms with Crippen LogP contribution in [0.15, 0.2) is 33.5 Å². The quantitative estimate of drug-likeness (QED) is 0.945. The molecule has 0 atom stereocenters. The fraction of sp³-hybridized carbons (Fsp3) is 0.267. The van der Waals surface area contributed by atoms with Gasteiger partial charge >= 0.3 is 0 Å². The molecule has 0 bridgehead atoms. The van der Waals surface area contributed by atoms with Crippen LogP contribution in [-0.2, 0) is 0 Å². The van der Waals surface area contributed by atoms with E-state index < -0.39 is 0 Å². The van der Waals surface area contributed by atoms with Crippen LogP contribution in [0.5, 0.6) is 5.75 Å². The lowest BCUT2D eigenvalue weighted by atomic mass is 10.1. The Balaban J connectivity index is 1.90. The second kappa shape index (κ2) is 5.05. The monoisotopic (exact) mass is 318 g/mol. The van der Waals surface area contributed by atoms with Crippen molar-refractivity contribution in [1.29, 1.82) is 0 Å². The number of thioether (sulfide) groups is 1. The summed E-state index contributed by atoms with van der Waals surface area (Å²) in [4.78, 5) is 7.65. The SMILES string of the molecule is COc1cc(C2=C(CO)SC3=NCCN32)cc2sccc12. The van der Waals surface area contributed by atoms with Gasteiger partial charge in [0.25, 0.3) is 0 Å². The van der Waals surface area contributed by atoms with Crippen molar-refractivity contribution in [2.24, 2.45) is 4.99 Å². The first kappa shape index (κ1) is 13.2. The van der Waals surface area contributed by atoms with Crippen molar-refractivity contribution in [2.75, 3.05) is 26.8 Å². The smallest absolute Gasteiger partial charge is 0.168 e. The largest absolute Gasteiger partial charge is 0.496 e. The van der Waals surface area contributed by atoms with Gasteiger partial charge in [-0.2, -0.15) is 0 Å².